The summed E-state index contributed by atoms with van der Waals surface area (Å²) in [5.41, 5.74) is 0. The molecule has 0 N–H and O–H groups in total. The minimum atomic E-state index is -4.09. The maximum atomic E-state index is 12.5. The van der Waals surface area contributed by atoms with Gasteiger partial charge in [0.15, 0.2) is 0 Å². The van der Waals surface area contributed by atoms with Crippen LogP contribution in [0.25, 0.3) is 0 Å². The number of halogens is 5. The summed E-state index contributed by atoms with van der Waals surface area (Å²) in [7, 11) is 0. The summed E-state index contributed by atoms with van der Waals surface area (Å²) in [5.74, 6) is -0.542. The van der Waals surface area contributed by atoms with Crippen LogP contribution < -0.4 is 4.90 Å². The van der Waals surface area contributed by atoms with Crippen LogP contribution in [-0.4, -0.2) is 24.2 Å². The molecule has 0 aromatic carbocycles. The first-order valence-corrected chi connectivity index (χ1v) is 6.67. The first-order chi connectivity index (χ1) is 8.38. The van der Waals surface area contributed by atoms with Crippen molar-refractivity contribution in [1.82, 2.24) is 4.98 Å². The summed E-state index contributed by atoms with van der Waals surface area (Å²) in [6, 6.07) is 1.69. The highest BCUT2D eigenvalue weighted by Crippen LogP contribution is 2.36. The molecular formula is C11H11BrClF3N2. The number of anilines is 1. The van der Waals surface area contributed by atoms with Crippen molar-refractivity contribution in [2.24, 2.45) is 5.92 Å². The molecule has 1 aliphatic rings. The van der Waals surface area contributed by atoms with Crippen molar-refractivity contribution in [3.05, 3.63) is 21.8 Å². The van der Waals surface area contributed by atoms with Crippen LogP contribution >= 0.6 is 27.5 Å². The van der Waals surface area contributed by atoms with Gasteiger partial charge in [0.25, 0.3) is 0 Å². The van der Waals surface area contributed by atoms with Gasteiger partial charge in [-0.25, -0.2) is 4.98 Å². The molecule has 100 valence electrons. The predicted octanol–water partition coefficient (Wildman–Crippen LogP) is 4.28. The van der Waals surface area contributed by atoms with E-state index in [1.54, 1.807) is 6.07 Å². The first-order valence-electron chi connectivity index (χ1n) is 5.50. The van der Waals surface area contributed by atoms with E-state index in [1.165, 1.54) is 6.20 Å². The average molecular weight is 344 g/mol. The van der Waals surface area contributed by atoms with Gasteiger partial charge in [-0.3, -0.25) is 0 Å². The SMILES string of the molecule is FC(F)(F)C1CCN(c2ncc(Cl)cc2Br)CC1. The van der Waals surface area contributed by atoms with Crippen molar-refractivity contribution >= 4 is 33.3 Å². The standard InChI is InChI=1S/C11H11BrClF3N2/c12-9-5-8(13)6-17-10(9)18-3-1-7(2-4-18)11(14,15)16/h5-7H,1-4H2. The Kier molecular flexibility index (Phi) is 4.06. The van der Waals surface area contributed by atoms with Crippen molar-refractivity contribution in [2.75, 3.05) is 18.0 Å². The van der Waals surface area contributed by atoms with E-state index in [9.17, 15) is 13.2 Å². The lowest BCUT2D eigenvalue weighted by atomic mass is 9.96. The van der Waals surface area contributed by atoms with Crippen molar-refractivity contribution in [3.8, 4) is 0 Å². The number of piperidine rings is 1. The van der Waals surface area contributed by atoms with Crippen molar-refractivity contribution in [1.29, 1.82) is 0 Å². The highest BCUT2D eigenvalue weighted by molar-refractivity contribution is 9.10. The summed E-state index contributed by atoms with van der Waals surface area (Å²) in [5, 5.41) is 0.496. The van der Waals surface area contributed by atoms with E-state index in [0.717, 1.165) is 0 Å². The Morgan fingerprint density at radius 2 is 1.94 bits per heavy atom. The van der Waals surface area contributed by atoms with E-state index in [1.807, 2.05) is 4.90 Å². The second-order valence-electron chi connectivity index (χ2n) is 4.26. The molecule has 0 spiro atoms. The lowest BCUT2D eigenvalue weighted by molar-refractivity contribution is -0.179. The van der Waals surface area contributed by atoms with Crippen LogP contribution in [-0.2, 0) is 0 Å². The van der Waals surface area contributed by atoms with E-state index < -0.39 is 12.1 Å². The van der Waals surface area contributed by atoms with Gasteiger partial charge in [-0.2, -0.15) is 13.2 Å². The molecule has 18 heavy (non-hydrogen) atoms. The zero-order valence-electron chi connectivity index (χ0n) is 9.34. The van der Waals surface area contributed by atoms with Gasteiger partial charge in [0.1, 0.15) is 5.82 Å². The van der Waals surface area contributed by atoms with E-state index in [2.05, 4.69) is 20.9 Å². The number of nitrogens with zero attached hydrogens (tertiary/aromatic N) is 2. The Hall–Kier alpha value is -0.490. The van der Waals surface area contributed by atoms with E-state index in [4.69, 9.17) is 11.6 Å². The summed E-state index contributed by atoms with van der Waals surface area (Å²) >= 11 is 9.11. The van der Waals surface area contributed by atoms with Crippen molar-refractivity contribution < 1.29 is 13.2 Å². The molecule has 2 nitrogen and oxygen atoms in total. The summed E-state index contributed by atoms with van der Waals surface area (Å²) < 4.78 is 38.3. The van der Waals surface area contributed by atoms with Crippen LogP contribution in [0.4, 0.5) is 19.0 Å². The average Bonchev–Trinajstić information content (AvgIpc) is 2.28. The number of aromatic nitrogens is 1. The summed E-state index contributed by atoms with van der Waals surface area (Å²) in [4.78, 5) is 6.00. The van der Waals surface area contributed by atoms with Crippen LogP contribution in [0.5, 0.6) is 0 Å². The lowest BCUT2D eigenvalue weighted by Gasteiger charge is -2.34. The minimum Gasteiger partial charge on any atom is -0.356 e. The van der Waals surface area contributed by atoms with Crippen molar-refractivity contribution in [3.63, 3.8) is 0 Å². The fraction of sp³-hybridized carbons (Fsp3) is 0.545. The highest BCUT2D eigenvalue weighted by Gasteiger charge is 2.41. The molecule has 0 atom stereocenters. The molecule has 0 bridgehead atoms. The molecule has 1 aromatic rings. The minimum absolute atomic E-state index is 0.111. The molecule has 0 amide bonds. The van der Waals surface area contributed by atoms with Gasteiger partial charge in [0.05, 0.1) is 15.4 Å². The Morgan fingerprint density at radius 3 is 2.44 bits per heavy atom. The Morgan fingerprint density at radius 1 is 1.33 bits per heavy atom. The number of pyridine rings is 1. The van der Waals surface area contributed by atoms with Gasteiger partial charge in [0, 0.05) is 19.3 Å². The monoisotopic (exact) mass is 342 g/mol. The smallest absolute Gasteiger partial charge is 0.356 e. The number of hydrogen-bond acceptors (Lipinski definition) is 2. The fourth-order valence-corrected chi connectivity index (χ4v) is 2.95. The molecule has 1 aromatic heterocycles. The van der Waals surface area contributed by atoms with Crippen LogP contribution in [0.1, 0.15) is 12.8 Å². The maximum absolute atomic E-state index is 12.5. The Bertz CT molecular complexity index is 431. The van der Waals surface area contributed by atoms with Gasteiger partial charge in [-0.05, 0) is 34.8 Å². The van der Waals surface area contributed by atoms with Gasteiger partial charge in [-0.1, -0.05) is 11.6 Å². The molecule has 2 heterocycles. The summed E-state index contributed by atoms with van der Waals surface area (Å²) in [6.45, 7) is 0.717. The zero-order chi connectivity index (χ0) is 13.3. The number of rotatable bonds is 1. The third-order valence-electron chi connectivity index (χ3n) is 3.05. The largest absolute Gasteiger partial charge is 0.391 e. The molecule has 1 aliphatic heterocycles. The Balaban J connectivity index is 2.06. The van der Waals surface area contributed by atoms with Gasteiger partial charge in [-0.15, -0.1) is 0 Å². The zero-order valence-corrected chi connectivity index (χ0v) is 11.7. The van der Waals surface area contributed by atoms with Crippen LogP contribution in [0, 0.1) is 5.92 Å². The Labute approximate surface area is 116 Å². The third kappa shape index (κ3) is 3.09. The normalized spacial score (nSPS) is 18.2. The second-order valence-corrected chi connectivity index (χ2v) is 5.55. The van der Waals surface area contributed by atoms with Crippen LogP contribution in [0.3, 0.4) is 0 Å². The van der Waals surface area contributed by atoms with Gasteiger partial charge < -0.3 is 4.90 Å². The maximum Gasteiger partial charge on any atom is 0.391 e. The topological polar surface area (TPSA) is 16.1 Å². The van der Waals surface area contributed by atoms with Crippen molar-refractivity contribution in [2.45, 2.75) is 19.0 Å². The molecular weight excluding hydrogens is 332 g/mol. The summed E-state index contributed by atoms with van der Waals surface area (Å²) in [6.07, 6.45) is -2.37. The van der Waals surface area contributed by atoms with Gasteiger partial charge in [0.2, 0.25) is 0 Å². The molecule has 0 unspecified atom stereocenters. The molecule has 0 radical (unpaired) electrons. The molecule has 1 fully saturated rings. The number of alkyl halides is 3. The van der Waals surface area contributed by atoms with E-state index >= 15 is 0 Å². The molecule has 0 saturated carbocycles. The first kappa shape index (κ1) is 13.9. The van der Waals surface area contributed by atoms with Crippen LogP contribution in [0.15, 0.2) is 16.7 Å². The lowest BCUT2D eigenvalue weighted by Crippen LogP contribution is -2.39. The number of hydrogen-bond donors (Lipinski definition) is 0. The van der Waals surface area contributed by atoms with E-state index in [-0.39, 0.29) is 12.8 Å². The quantitative estimate of drug-likeness (QED) is 0.757. The molecule has 0 aliphatic carbocycles. The molecule has 2 rings (SSSR count). The fourth-order valence-electron chi connectivity index (χ4n) is 2.06. The predicted molar refractivity (Wildman–Crippen MR) is 67.9 cm³/mol. The molecule has 7 heteroatoms. The third-order valence-corrected chi connectivity index (χ3v) is 3.84. The van der Waals surface area contributed by atoms with Gasteiger partial charge >= 0.3 is 6.18 Å². The molecule has 1 saturated heterocycles. The highest BCUT2D eigenvalue weighted by atomic mass is 79.9. The van der Waals surface area contributed by atoms with Crippen LogP contribution in [0.2, 0.25) is 5.02 Å². The van der Waals surface area contributed by atoms with E-state index in [0.29, 0.717) is 28.4 Å². The second kappa shape index (κ2) is 5.25.